The minimum Gasteiger partial charge on any atom is -0.493 e. The number of ketones is 2. The van der Waals surface area contributed by atoms with Gasteiger partial charge in [0.1, 0.15) is 75.7 Å². The van der Waals surface area contributed by atoms with Gasteiger partial charge in [0.2, 0.25) is 0 Å². The summed E-state index contributed by atoms with van der Waals surface area (Å²) in [7, 11) is 2.95. The fraction of sp³-hybridized carbons (Fsp3) is 0.460. The lowest BCUT2D eigenvalue weighted by Crippen LogP contribution is -2.44. The van der Waals surface area contributed by atoms with Gasteiger partial charge in [-0.2, -0.15) is 0 Å². The minimum absolute atomic E-state index is 0. The standard InChI is InChI=1S/C35H43FN2O7.C30H35FN2O5.C24H30BrFN2O3.C24H32FN3O3.ClH/c1-33(2,3)45-32(41)38-34(4,5)25-20-27(22-7-12-26(36)13-8-22)37-31(21-25)35(42,24-10-11-24)16-15-28(40)23-9-14-29(44-18-17-39)30(19-23)43-6;1-29(2,32)22-17-24(19-4-9-23(31)10-5-19)33-28(18-22)30(36,21-7-8-21)13-12-25(35)20-6-11-26(38-15-14-34)27(16-20)37-3;1-22(2,3)31-21(29)28-23(4,5)17-12-19(15-6-10-18(26)11-7-15)27-20(13-17)24(30,14-25)16-8-9-16;1-22(2,3)31-21(29)28-23(4,5)17-12-19(15-6-10-18(25)11-7-15)27-20(13-17)24(30,14-26)16-8-9-16;/h7-9,12-14,19-21,24,39,42H,10-11,15-18H2,1-6H3,(H,38,41);4-6,9-11,16-18,21,34,36H,7-8,12-15,32H2,1-3H3;6-7,10-13,16,30H,8-9,14H2,1-5H3,(H,28,29);6-7,10-13,16,30H,8-9,14,26H2,1-5H3,(H,28,29);1H. The molecule has 788 valence electrons. The first-order valence-corrected chi connectivity index (χ1v) is 50.0. The number of hydrogen-bond acceptors (Lipinski definition) is 24. The number of nitrogens with one attached hydrogen (secondary N) is 3. The SMILES string of the molecule is CC(C)(C)OC(=O)NC(C)(C)c1cc(-c2ccc(F)cc2)nc(C(O)(CBr)C2CC2)c1.CC(C)(C)OC(=O)NC(C)(C)c1cc(-c2ccc(F)cc2)nc(C(O)(CN)C2CC2)c1.COc1cc(C(=O)CCC(O)(c2cc(C(C)(C)N)cc(-c3ccc(F)cc3)n2)C2CC2)ccc1OCCO.COc1cc(C(=O)CCC(O)(c2cc(C(C)(C)NC(=O)OC(C)(C)C)cc(-c3ccc(F)cc3)n2)C2CC2)ccc1OCCO.Cl. The molecule has 4 aromatic heterocycles. The van der Waals surface area contributed by atoms with Crippen molar-refractivity contribution in [3.63, 3.8) is 0 Å². The van der Waals surface area contributed by atoms with Gasteiger partial charge >= 0.3 is 18.3 Å². The van der Waals surface area contributed by atoms with Crippen molar-refractivity contribution in [2.24, 2.45) is 35.1 Å². The van der Waals surface area contributed by atoms with Crippen LogP contribution in [-0.2, 0) is 58.8 Å². The summed E-state index contributed by atoms with van der Waals surface area (Å²) >= 11 is 3.46. The van der Waals surface area contributed by atoms with Gasteiger partial charge in [-0.1, -0.05) is 15.9 Å². The minimum atomic E-state index is -1.43. The fourth-order valence-electron chi connectivity index (χ4n) is 16.8. The Hall–Kier alpha value is -11.6. The van der Waals surface area contributed by atoms with Crippen LogP contribution in [0.4, 0.5) is 31.9 Å². The number of ether oxygens (including phenoxy) is 7. The number of carbonyl (C=O) groups excluding carboxylic acids is 5. The molecule has 0 bridgehead atoms. The van der Waals surface area contributed by atoms with E-state index in [-0.39, 0.29) is 130 Å². The summed E-state index contributed by atoms with van der Waals surface area (Å²) in [6.45, 7) is 31.0. The van der Waals surface area contributed by atoms with Gasteiger partial charge in [-0.15, -0.1) is 12.4 Å². The monoisotopic (exact) mass is 2100 g/mol. The number of alkyl halides is 1. The number of alkyl carbamates (subject to hydrolysis) is 3. The largest absolute Gasteiger partial charge is 0.493 e. The maximum Gasteiger partial charge on any atom is 0.408 e. The van der Waals surface area contributed by atoms with Crippen LogP contribution in [0.15, 0.2) is 182 Å². The second-order valence-electron chi connectivity index (χ2n) is 42.9. The molecule has 33 heteroatoms. The molecule has 13 N–H and O–H groups in total. The molecule has 0 aliphatic heterocycles. The molecule has 146 heavy (non-hydrogen) atoms. The number of hydrogen-bond donors (Lipinski definition) is 11. The summed E-state index contributed by atoms with van der Waals surface area (Å²) in [4.78, 5) is 83.3. The third-order valence-corrected chi connectivity index (χ3v) is 26.5. The molecular formula is C113H141BrClF4N9O18. The second kappa shape index (κ2) is 47.7. The van der Waals surface area contributed by atoms with Gasteiger partial charge in [0.15, 0.2) is 34.6 Å². The summed E-state index contributed by atoms with van der Waals surface area (Å²) in [6.07, 6.45) is 5.58. The Morgan fingerprint density at radius 1 is 0.370 bits per heavy atom. The summed E-state index contributed by atoms with van der Waals surface area (Å²) < 4.78 is 92.2. The molecular weight excluding hydrogens is 1960 g/mol. The van der Waals surface area contributed by atoms with Crippen LogP contribution in [0.3, 0.4) is 0 Å². The number of nitrogens with two attached hydrogens (primary N) is 2. The van der Waals surface area contributed by atoms with Crippen molar-refractivity contribution in [1.29, 1.82) is 0 Å². The quantitative estimate of drug-likeness (QED) is 0.00745. The zero-order chi connectivity index (χ0) is 107. The van der Waals surface area contributed by atoms with Crippen LogP contribution in [0.25, 0.3) is 45.0 Å². The number of pyridine rings is 4. The van der Waals surface area contributed by atoms with Crippen molar-refractivity contribution in [2.75, 3.05) is 52.5 Å². The van der Waals surface area contributed by atoms with Gasteiger partial charge in [-0.3, -0.25) is 9.59 Å². The summed E-state index contributed by atoms with van der Waals surface area (Å²) in [5.41, 5.74) is 12.7. The molecule has 4 atom stereocenters. The van der Waals surface area contributed by atoms with E-state index in [1.54, 1.807) is 145 Å². The van der Waals surface area contributed by atoms with E-state index in [1.165, 1.54) is 62.8 Å². The number of rotatable bonds is 37. The Bertz CT molecular complexity index is 6030. The van der Waals surface area contributed by atoms with E-state index in [9.17, 15) is 62.0 Å². The van der Waals surface area contributed by atoms with Crippen molar-refractivity contribution in [3.8, 4) is 68.0 Å². The predicted octanol–water partition coefficient (Wildman–Crippen LogP) is 21.3. The van der Waals surface area contributed by atoms with Crippen molar-refractivity contribution >= 4 is 58.2 Å². The summed E-state index contributed by atoms with van der Waals surface area (Å²) in [5, 5.41) is 74.1. The lowest BCUT2D eigenvalue weighted by molar-refractivity contribution is -0.00132. The first-order chi connectivity index (χ1) is 67.9. The normalized spacial score (nSPS) is 15.5. The van der Waals surface area contributed by atoms with E-state index >= 15 is 0 Å². The molecule has 0 radical (unpaired) electrons. The van der Waals surface area contributed by atoms with Gasteiger partial charge in [-0.25, -0.2) is 51.9 Å². The molecule has 3 amide bonds. The molecule has 0 saturated heterocycles. The molecule has 4 fully saturated rings. The smallest absolute Gasteiger partial charge is 0.408 e. The topological polar surface area (TPSA) is 411 Å². The van der Waals surface area contributed by atoms with E-state index in [2.05, 4.69) is 31.9 Å². The number of aliphatic hydroxyl groups is 6. The molecule has 6 aromatic carbocycles. The number of carbonyl (C=O) groups is 5. The van der Waals surface area contributed by atoms with Crippen LogP contribution in [0.2, 0.25) is 0 Å². The van der Waals surface area contributed by atoms with Crippen LogP contribution >= 0.6 is 28.3 Å². The Kier molecular flexibility index (Phi) is 38.0. The number of benzene rings is 6. The van der Waals surface area contributed by atoms with Crippen LogP contribution in [-0.4, -0.2) is 150 Å². The van der Waals surface area contributed by atoms with Gasteiger partial charge in [0.25, 0.3) is 0 Å². The number of halogens is 6. The van der Waals surface area contributed by atoms with Crippen LogP contribution in [0.5, 0.6) is 23.0 Å². The molecule has 0 spiro atoms. The Labute approximate surface area is 867 Å². The summed E-state index contributed by atoms with van der Waals surface area (Å²) in [6, 6.07) is 48.3. The number of aromatic nitrogens is 4. The fourth-order valence-corrected chi connectivity index (χ4v) is 17.5. The van der Waals surface area contributed by atoms with Crippen LogP contribution < -0.4 is 46.4 Å². The van der Waals surface area contributed by atoms with Gasteiger partial charge in [0.05, 0.1) is 89.6 Å². The number of amides is 3. The first kappa shape index (κ1) is 116. The molecule has 4 aliphatic rings. The number of nitrogens with zero attached hydrogens (tertiary/aromatic N) is 4. The molecule has 10 aromatic rings. The zero-order valence-electron chi connectivity index (χ0n) is 86.7. The lowest BCUT2D eigenvalue weighted by Gasteiger charge is -2.32. The number of aliphatic hydroxyl groups excluding tert-OH is 2. The Balaban J connectivity index is 0.000000201. The third kappa shape index (κ3) is 31.3. The Morgan fingerprint density at radius 2 is 0.623 bits per heavy atom. The van der Waals surface area contributed by atoms with Crippen molar-refractivity contribution < 1.29 is 105 Å². The van der Waals surface area contributed by atoms with Crippen molar-refractivity contribution in [2.45, 2.75) is 256 Å². The maximum atomic E-state index is 13.8. The van der Waals surface area contributed by atoms with Crippen LogP contribution in [0.1, 0.15) is 260 Å². The van der Waals surface area contributed by atoms with Crippen molar-refractivity contribution in [1.82, 2.24) is 35.9 Å². The molecule has 4 saturated carbocycles. The highest BCUT2D eigenvalue weighted by atomic mass is 79.9. The summed E-state index contributed by atoms with van der Waals surface area (Å²) in [5.74, 6) is -0.111. The van der Waals surface area contributed by atoms with E-state index in [0.29, 0.717) is 107 Å². The second-order valence-corrected chi connectivity index (χ2v) is 43.4. The van der Waals surface area contributed by atoms with Gasteiger partial charge < -0.3 is 91.2 Å². The molecule has 4 aliphatic carbocycles. The van der Waals surface area contributed by atoms with Gasteiger partial charge in [-0.05, 0) is 410 Å². The molecule has 4 heterocycles. The third-order valence-electron chi connectivity index (χ3n) is 25.6. The molecule has 4 unspecified atom stereocenters. The molecule has 14 rings (SSSR count). The first-order valence-electron chi connectivity index (χ1n) is 48.9. The average Bonchev–Trinajstić information content (AvgIpc) is 1.63. The van der Waals surface area contributed by atoms with Crippen LogP contribution in [0, 0.1) is 46.9 Å². The number of methoxy groups -OCH3 is 2. The number of Topliss-reactive ketones (excluding diaryl/α,β-unsaturated/α-hetero) is 2. The van der Waals surface area contributed by atoms with E-state index in [0.717, 1.165) is 73.6 Å². The molecule has 27 nitrogen and oxygen atoms in total. The van der Waals surface area contributed by atoms with E-state index in [1.807, 2.05) is 106 Å². The lowest BCUT2D eigenvalue weighted by atomic mass is 9.83. The van der Waals surface area contributed by atoms with E-state index in [4.69, 9.17) is 74.8 Å². The van der Waals surface area contributed by atoms with E-state index < -0.39 is 79.6 Å². The zero-order valence-corrected chi connectivity index (χ0v) is 89.1. The van der Waals surface area contributed by atoms with Crippen molar-refractivity contribution in [3.05, 3.63) is 261 Å². The maximum absolute atomic E-state index is 13.8. The predicted molar refractivity (Wildman–Crippen MR) is 558 cm³/mol. The van der Waals surface area contributed by atoms with Gasteiger partial charge in [0, 0.05) is 63.6 Å². The highest BCUT2D eigenvalue weighted by Gasteiger charge is 2.51. The highest BCUT2D eigenvalue weighted by Crippen LogP contribution is 2.53. The highest BCUT2D eigenvalue weighted by molar-refractivity contribution is 9.09. The average molecular weight is 2100 g/mol. The Morgan fingerprint density at radius 3 is 0.870 bits per heavy atom.